The average molecular weight is 368 g/mol. The lowest BCUT2D eigenvalue weighted by atomic mass is 10.2. The van der Waals surface area contributed by atoms with Crippen LogP contribution in [0.1, 0.15) is 22.2 Å². The van der Waals surface area contributed by atoms with Crippen molar-refractivity contribution in [1.82, 2.24) is 20.2 Å². The number of nitrogens with zero attached hydrogens (tertiary/aromatic N) is 4. The first-order chi connectivity index (χ1) is 12.1. The second kappa shape index (κ2) is 6.57. The summed E-state index contributed by atoms with van der Waals surface area (Å²) in [4.78, 5) is 11.5. The summed E-state index contributed by atoms with van der Waals surface area (Å²) in [5.41, 5.74) is 2.17. The molecule has 4 rings (SSSR count). The minimum Gasteiger partial charge on any atom is -0.420 e. The zero-order valence-corrected chi connectivity index (χ0v) is 15.7. The summed E-state index contributed by atoms with van der Waals surface area (Å²) in [6, 6.07) is 9.79. The average Bonchev–Trinajstić information content (AvgIpc) is 3.19. The van der Waals surface area contributed by atoms with Gasteiger partial charge in [0.15, 0.2) is 0 Å². The van der Waals surface area contributed by atoms with Crippen molar-refractivity contribution in [2.45, 2.75) is 31.6 Å². The predicted octanol–water partition coefficient (Wildman–Crippen LogP) is 4.96. The fourth-order valence-corrected chi connectivity index (χ4v) is 4.67. The van der Waals surface area contributed by atoms with Gasteiger partial charge in [0.2, 0.25) is 11.8 Å². The number of hydrogen-bond donors (Lipinski definition) is 0. The molecule has 0 aliphatic heterocycles. The minimum absolute atomic E-state index is 0.544. The van der Waals surface area contributed by atoms with Crippen LogP contribution in [0.4, 0.5) is 0 Å². The summed E-state index contributed by atoms with van der Waals surface area (Å²) in [6.07, 6.45) is 0. The van der Waals surface area contributed by atoms with Crippen LogP contribution in [-0.2, 0) is 5.75 Å². The molecular weight excluding hydrogens is 352 g/mol. The molecule has 0 unspecified atom stereocenters. The first kappa shape index (κ1) is 16.2. The largest absolute Gasteiger partial charge is 0.420 e. The Bertz CT molecular complexity index is 1040. The van der Waals surface area contributed by atoms with Crippen LogP contribution < -0.4 is 0 Å². The van der Waals surface area contributed by atoms with Crippen molar-refractivity contribution in [3.8, 4) is 11.5 Å². The Hall–Kier alpha value is -2.25. The molecule has 0 radical (unpaired) electrons. The van der Waals surface area contributed by atoms with Gasteiger partial charge in [0.25, 0.3) is 0 Å². The zero-order valence-electron chi connectivity index (χ0n) is 14.1. The Kier molecular flexibility index (Phi) is 4.27. The zero-order chi connectivity index (χ0) is 17.4. The number of aromatic nitrogens is 4. The molecule has 0 N–H and O–H groups in total. The maximum atomic E-state index is 5.79. The summed E-state index contributed by atoms with van der Waals surface area (Å²) in [7, 11) is 0. The van der Waals surface area contributed by atoms with Crippen molar-refractivity contribution in [1.29, 1.82) is 0 Å². The highest BCUT2D eigenvalue weighted by Gasteiger charge is 2.15. The van der Waals surface area contributed by atoms with Crippen molar-refractivity contribution in [3.63, 3.8) is 0 Å². The first-order valence-corrected chi connectivity index (χ1v) is 9.67. The van der Waals surface area contributed by atoms with Crippen LogP contribution in [0.2, 0.25) is 0 Å². The fourth-order valence-electron chi connectivity index (χ4n) is 2.56. The number of hydrogen-bond acceptors (Lipinski definition) is 7. The Balaban J connectivity index is 1.60. The van der Waals surface area contributed by atoms with E-state index in [-0.39, 0.29) is 0 Å². The quantitative estimate of drug-likeness (QED) is 0.375. The van der Waals surface area contributed by atoms with Crippen molar-refractivity contribution in [3.05, 3.63) is 52.5 Å². The lowest BCUT2D eigenvalue weighted by Crippen LogP contribution is -1.92. The molecule has 3 aromatic heterocycles. The molecule has 126 valence electrons. The second-order valence-electron chi connectivity index (χ2n) is 5.70. The molecule has 0 atom stereocenters. The number of thioether (sulfide) groups is 1. The topological polar surface area (TPSA) is 64.7 Å². The molecule has 0 bridgehead atoms. The van der Waals surface area contributed by atoms with Gasteiger partial charge >= 0.3 is 0 Å². The lowest BCUT2D eigenvalue weighted by Gasteiger charge is -2.03. The molecule has 0 saturated carbocycles. The van der Waals surface area contributed by atoms with Gasteiger partial charge in [0.1, 0.15) is 15.7 Å². The van der Waals surface area contributed by atoms with Crippen LogP contribution in [0.25, 0.3) is 21.7 Å². The normalized spacial score (nSPS) is 11.3. The Morgan fingerprint density at radius 1 is 1.04 bits per heavy atom. The Labute approximate surface area is 153 Å². The molecule has 4 aromatic rings. The van der Waals surface area contributed by atoms with E-state index in [1.54, 1.807) is 23.1 Å². The molecule has 7 heteroatoms. The van der Waals surface area contributed by atoms with Crippen molar-refractivity contribution in [2.75, 3.05) is 0 Å². The molecule has 0 amide bonds. The van der Waals surface area contributed by atoms with Gasteiger partial charge in [0, 0.05) is 15.8 Å². The van der Waals surface area contributed by atoms with E-state index in [2.05, 4.69) is 34.0 Å². The minimum atomic E-state index is 0.544. The van der Waals surface area contributed by atoms with E-state index >= 15 is 0 Å². The molecule has 25 heavy (non-hydrogen) atoms. The second-order valence-corrected chi connectivity index (χ2v) is 7.86. The van der Waals surface area contributed by atoms with Crippen molar-refractivity contribution in [2.24, 2.45) is 0 Å². The highest BCUT2D eigenvalue weighted by atomic mass is 32.2. The Morgan fingerprint density at radius 3 is 2.64 bits per heavy atom. The highest BCUT2D eigenvalue weighted by molar-refractivity contribution is 7.98. The standard InChI is InChI=1S/C18H16N4OS2/c1-10-11(2)25-18-15(10)17(19-12(3)20-18)24-9-14-21-22-16(23-14)13-7-5-4-6-8-13/h4-8H,9H2,1-3H3. The summed E-state index contributed by atoms with van der Waals surface area (Å²) < 4.78 is 5.79. The molecule has 5 nitrogen and oxygen atoms in total. The third-order valence-corrected chi connectivity index (χ3v) is 5.99. The summed E-state index contributed by atoms with van der Waals surface area (Å²) in [5, 5.41) is 10.4. The van der Waals surface area contributed by atoms with Crippen molar-refractivity contribution >= 4 is 33.3 Å². The third-order valence-electron chi connectivity index (χ3n) is 3.93. The van der Waals surface area contributed by atoms with Gasteiger partial charge < -0.3 is 4.42 Å². The van der Waals surface area contributed by atoms with Crippen LogP contribution in [0, 0.1) is 20.8 Å². The van der Waals surface area contributed by atoms with E-state index in [1.807, 2.05) is 37.3 Å². The van der Waals surface area contributed by atoms with E-state index in [0.717, 1.165) is 26.6 Å². The molecule has 0 saturated heterocycles. The number of fused-ring (bicyclic) bond motifs is 1. The third kappa shape index (κ3) is 3.17. The maximum absolute atomic E-state index is 5.79. The number of thiophene rings is 1. The molecule has 3 heterocycles. The molecule has 0 aliphatic rings. The lowest BCUT2D eigenvalue weighted by molar-refractivity contribution is 0.528. The van der Waals surface area contributed by atoms with Crippen LogP contribution in [0.5, 0.6) is 0 Å². The maximum Gasteiger partial charge on any atom is 0.247 e. The van der Waals surface area contributed by atoms with E-state index in [0.29, 0.717) is 17.5 Å². The summed E-state index contributed by atoms with van der Waals surface area (Å²) >= 11 is 3.33. The predicted molar refractivity (Wildman–Crippen MR) is 101 cm³/mol. The van der Waals surface area contributed by atoms with Gasteiger partial charge in [-0.25, -0.2) is 9.97 Å². The molecule has 1 aromatic carbocycles. The van der Waals surface area contributed by atoms with Gasteiger partial charge in [-0.2, -0.15) is 0 Å². The molecule has 0 spiro atoms. The Morgan fingerprint density at radius 2 is 1.84 bits per heavy atom. The number of aryl methyl sites for hydroxylation is 3. The summed E-state index contributed by atoms with van der Waals surface area (Å²) in [5.74, 6) is 2.51. The molecular formula is C18H16N4OS2. The van der Waals surface area contributed by atoms with Gasteiger partial charge in [-0.15, -0.1) is 21.5 Å². The molecule has 0 aliphatic carbocycles. The van der Waals surface area contributed by atoms with E-state index < -0.39 is 0 Å². The number of rotatable bonds is 4. The van der Waals surface area contributed by atoms with E-state index in [1.165, 1.54) is 10.4 Å². The van der Waals surface area contributed by atoms with Crippen LogP contribution in [0.15, 0.2) is 39.8 Å². The van der Waals surface area contributed by atoms with Crippen LogP contribution in [0.3, 0.4) is 0 Å². The van der Waals surface area contributed by atoms with Crippen molar-refractivity contribution < 1.29 is 4.42 Å². The van der Waals surface area contributed by atoms with Gasteiger partial charge in [-0.05, 0) is 38.5 Å². The fraction of sp³-hybridized carbons (Fsp3) is 0.222. The van der Waals surface area contributed by atoms with E-state index in [4.69, 9.17) is 4.42 Å². The van der Waals surface area contributed by atoms with Crippen LogP contribution in [-0.4, -0.2) is 20.2 Å². The van der Waals surface area contributed by atoms with E-state index in [9.17, 15) is 0 Å². The highest BCUT2D eigenvalue weighted by Crippen LogP contribution is 2.36. The van der Waals surface area contributed by atoms with Crippen LogP contribution >= 0.6 is 23.1 Å². The SMILES string of the molecule is Cc1nc(SCc2nnc(-c3ccccc3)o2)c2c(C)c(C)sc2n1. The summed E-state index contributed by atoms with van der Waals surface area (Å²) in [6.45, 7) is 6.17. The monoisotopic (exact) mass is 368 g/mol. The van der Waals surface area contributed by atoms with Gasteiger partial charge in [-0.3, -0.25) is 0 Å². The smallest absolute Gasteiger partial charge is 0.247 e. The van der Waals surface area contributed by atoms with Gasteiger partial charge in [-0.1, -0.05) is 30.0 Å². The first-order valence-electron chi connectivity index (χ1n) is 7.87. The number of benzene rings is 1. The molecule has 0 fully saturated rings. The van der Waals surface area contributed by atoms with Gasteiger partial charge in [0.05, 0.1) is 5.75 Å².